The third kappa shape index (κ3) is 7.69. The molecule has 6 rings (SSSR count). The topological polar surface area (TPSA) is 118 Å². The van der Waals surface area contributed by atoms with Gasteiger partial charge in [0.2, 0.25) is 0 Å². The van der Waals surface area contributed by atoms with Crippen LogP contribution in [0.4, 0.5) is 0 Å². The third-order valence-electron chi connectivity index (χ3n) is 9.16. The van der Waals surface area contributed by atoms with E-state index in [-0.39, 0.29) is 29.0 Å². The Morgan fingerprint density at radius 3 is 2.35 bits per heavy atom. The minimum Gasteiger partial charge on any atom is -0.510 e. The zero-order chi connectivity index (χ0) is 34.5. The van der Waals surface area contributed by atoms with Crippen LogP contribution >= 0.6 is 11.3 Å². The van der Waals surface area contributed by atoms with E-state index in [0.717, 1.165) is 40.3 Å². The van der Waals surface area contributed by atoms with E-state index in [1.54, 1.807) is 29.6 Å². The van der Waals surface area contributed by atoms with Gasteiger partial charge >= 0.3 is 0 Å². The SMILES string of the molecule is CCCCCCCOc1ccc(-c2cnc(-c3ccc(C4=C(O)[C@@H]5CCCN5C(=O)[C@H]4NC(=O)c4ccc(C(C)(C)C)s4)cc3)nc2)nc1. The average Bonchev–Trinajstić information content (AvgIpc) is 3.81. The zero-order valence-corrected chi connectivity index (χ0v) is 29.6. The number of carbonyl (C=O) groups is 2. The number of unbranched alkanes of at least 4 members (excludes halogenated alkanes) is 4. The van der Waals surface area contributed by atoms with Crippen molar-refractivity contribution < 1.29 is 19.4 Å². The highest BCUT2D eigenvalue weighted by molar-refractivity contribution is 7.14. The third-order valence-corrected chi connectivity index (χ3v) is 10.7. The summed E-state index contributed by atoms with van der Waals surface area (Å²) in [6, 6.07) is 13.6. The number of aliphatic hydroxyl groups excluding tert-OH is 1. The molecule has 1 aromatic carbocycles. The van der Waals surface area contributed by atoms with E-state index in [1.165, 1.54) is 37.0 Å². The summed E-state index contributed by atoms with van der Waals surface area (Å²) in [5, 5.41) is 14.5. The Labute approximate surface area is 292 Å². The Hall–Kier alpha value is -4.57. The first kappa shape index (κ1) is 34.3. The minimum absolute atomic E-state index is 0.0909. The van der Waals surface area contributed by atoms with E-state index in [4.69, 9.17) is 4.74 Å². The Morgan fingerprint density at radius 1 is 0.939 bits per heavy atom. The largest absolute Gasteiger partial charge is 0.510 e. The number of hydrogen-bond acceptors (Lipinski definition) is 8. The molecule has 256 valence electrons. The lowest BCUT2D eigenvalue weighted by atomic mass is 9.89. The monoisotopic (exact) mass is 679 g/mol. The quantitative estimate of drug-likeness (QED) is 0.146. The predicted octanol–water partition coefficient (Wildman–Crippen LogP) is 7.99. The molecule has 2 N–H and O–H groups in total. The second-order valence-corrected chi connectivity index (χ2v) is 14.9. The summed E-state index contributed by atoms with van der Waals surface area (Å²) in [6.07, 6.45) is 12.7. The number of carbonyl (C=O) groups excluding carboxylic acids is 2. The van der Waals surface area contributed by atoms with Crippen LogP contribution in [0.3, 0.4) is 0 Å². The Balaban J connectivity index is 1.16. The van der Waals surface area contributed by atoms with Crippen molar-refractivity contribution in [1.29, 1.82) is 0 Å². The van der Waals surface area contributed by atoms with Gasteiger partial charge in [0.25, 0.3) is 11.8 Å². The summed E-state index contributed by atoms with van der Waals surface area (Å²) in [5.41, 5.74) is 3.34. The van der Waals surface area contributed by atoms with Gasteiger partial charge < -0.3 is 20.1 Å². The second kappa shape index (κ2) is 14.9. The number of benzene rings is 1. The van der Waals surface area contributed by atoms with E-state index in [0.29, 0.717) is 41.4 Å². The van der Waals surface area contributed by atoms with Crippen molar-refractivity contribution in [2.24, 2.45) is 0 Å². The first-order valence-corrected chi connectivity index (χ1v) is 18.1. The number of hydrogen-bond donors (Lipinski definition) is 2. The van der Waals surface area contributed by atoms with Crippen molar-refractivity contribution in [3.63, 3.8) is 0 Å². The Morgan fingerprint density at radius 2 is 1.67 bits per heavy atom. The van der Waals surface area contributed by atoms with Crippen LogP contribution in [-0.4, -0.2) is 62.0 Å². The van der Waals surface area contributed by atoms with Crippen LogP contribution in [0.15, 0.2) is 72.9 Å². The van der Waals surface area contributed by atoms with E-state index in [9.17, 15) is 14.7 Å². The van der Waals surface area contributed by atoms with Crippen molar-refractivity contribution in [1.82, 2.24) is 25.2 Å². The van der Waals surface area contributed by atoms with Gasteiger partial charge in [-0.1, -0.05) is 77.6 Å². The first-order valence-electron chi connectivity index (χ1n) is 17.3. The summed E-state index contributed by atoms with van der Waals surface area (Å²) in [5.74, 6) is 0.890. The number of pyridine rings is 1. The van der Waals surface area contributed by atoms with Crippen molar-refractivity contribution >= 4 is 28.7 Å². The summed E-state index contributed by atoms with van der Waals surface area (Å²) in [6.45, 7) is 9.76. The van der Waals surface area contributed by atoms with Crippen LogP contribution < -0.4 is 10.1 Å². The molecule has 49 heavy (non-hydrogen) atoms. The molecular weight excluding hydrogens is 635 g/mol. The number of fused-ring (bicyclic) bond motifs is 1. The lowest BCUT2D eigenvalue weighted by Crippen LogP contribution is -2.54. The van der Waals surface area contributed by atoms with Crippen molar-refractivity contribution in [2.45, 2.75) is 90.1 Å². The van der Waals surface area contributed by atoms with Gasteiger partial charge in [-0.25, -0.2) is 9.97 Å². The Kier molecular flexibility index (Phi) is 10.4. The van der Waals surface area contributed by atoms with Crippen LogP contribution in [-0.2, 0) is 10.2 Å². The molecule has 1 fully saturated rings. The number of aliphatic hydroxyl groups is 1. The highest BCUT2D eigenvalue weighted by atomic mass is 32.1. The van der Waals surface area contributed by atoms with Crippen LogP contribution in [0.5, 0.6) is 5.75 Å². The van der Waals surface area contributed by atoms with Gasteiger partial charge in [-0.2, -0.15) is 0 Å². The Bertz CT molecular complexity index is 1790. The maximum atomic E-state index is 13.8. The fourth-order valence-electron chi connectivity index (χ4n) is 6.39. The highest BCUT2D eigenvalue weighted by Crippen LogP contribution is 2.37. The van der Waals surface area contributed by atoms with Crippen LogP contribution in [0, 0.1) is 0 Å². The van der Waals surface area contributed by atoms with E-state index >= 15 is 0 Å². The summed E-state index contributed by atoms with van der Waals surface area (Å²) in [7, 11) is 0. The summed E-state index contributed by atoms with van der Waals surface area (Å²) < 4.78 is 5.84. The fraction of sp³-hybridized carbons (Fsp3) is 0.410. The van der Waals surface area contributed by atoms with Gasteiger partial charge in [-0.15, -0.1) is 11.3 Å². The summed E-state index contributed by atoms with van der Waals surface area (Å²) in [4.78, 5) is 44.2. The lowest BCUT2D eigenvalue weighted by Gasteiger charge is -2.36. The van der Waals surface area contributed by atoms with Crippen LogP contribution in [0.1, 0.15) is 92.8 Å². The van der Waals surface area contributed by atoms with Gasteiger partial charge in [-0.05, 0) is 54.5 Å². The normalized spacial score (nSPS) is 17.7. The van der Waals surface area contributed by atoms with Crippen LogP contribution in [0.2, 0.25) is 0 Å². The van der Waals surface area contributed by atoms with Crippen molar-refractivity contribution in [2.75, 3.05) is 13.2 Å². The molecule has 0 unspecified atom stereocenters. The smallest absolute Gasteiger partial charge is 0.262 e. The zero-order valence-electron chi connectivity index (χ0n) is 28.7. The molecule has 2 amide bonds. The second-order valence-electron chi connectivity index (χ2n) is 13.8. The molecule has 1 saturated heterocycles. The molecule has 5 heterocycles. The molecule has 4 aromatic rings. The predicted molar refractivity (Wildman–Crippen MR) is 194 cm³/mol. The van der Waals surface area contributed by atoms with E-state index < -0.39 is 6.04 Å². The highest BCUT2D eigenvalue weighted by Gasteiger charge is 2.45. The summed E-state index contributed by atoms with van der Waals surface area (Å²) >= 11 is 1.42. The standard InChI is InChI=1S/C39H45N5O4S/c1-5-6-7-8-9-21-48-28-16-17-29(40-24-28)27-22-41-36(42-23-27)26-14-12-25(13-15-26)33-34(38(47)44-20-10-11-30(44)35(33)45)43-37(46)31-18-19-32(49-31)39(2,3)4/h12-19,22-24,30,34,45H,5-11,20-21H2,1-4H3,(H,43,46)/t30-,34-/m0/s1. The molecule has 9 nitrogen and oxygen atoms in total. The number of rotatable bonds is 12. The maximum Gasteiger partial charge on any atom is 0.262 e. The molecule has 0 spiro atoms. The maximum absolute atomic E-state index is 13.8. The van der Waals surface area contributed by atoms with Crippen molar-refractivity contribution in [3.8, 4) is 28.4 Å². The molecule has 0 saturated carbocycles. The number of amides is 2. The first-order chi connectivity index (χ1) is 23.6. The number of aromatic nitrogens is 3. The lowest BCUT2D eigenvalue weighted by molar-refractivity contribution is -0.133. The number of nitrogens with zero attached hydrogens (tertiary/aromatic N) is 4. The average molecular weight is 680 g/mol. The van der Waals surface area contributed by atoms with Gasteiger partial charge in [0, 0.05) is 40.5 Å². The molecule has 3 aromatic heterocycles. The van der Waals surface area contributed by atoms with Gasteiger partial charge in [-0.3, -0.25) is 14.6 Å². The molecule has 2 aliphatic heterocycles. The van der Waals surface area contributed by atoms with Crippen molar-refractivity contribution in [3.05, 3.63) is 88.2 Å². The van der Waals surface area contributed by atoms with Gasteiger partial charge in [0.15, 0.2) is 5.82 Å². The van der Waals surface area contributed by atoms with E-state index in [1.807, 2.05) is 42.5 Å². The number of nitrogens with one attached hydrogen (secondary N) is 1. The molecular formula is C39H45N5O4S. The van der Waals surface area contributed by atoms with Gasteiger partial charge in [0.05, 0.1) is 29.4 Å². The van der Waals surface area contributed by atoms with Gasteiger partial charge in [0.1, 0.15) is 17.6 Å². The minimum atomic E-state index is -1.00. The molecule has 0 bridgehead atoms. The number of thiophene rings is 1. The molecule has 0 radical (unpaired) electrons. The molecule has 10 heteroatoms. The van der Waals surface area contributed by atoms with E-state index in [2.05, 4.69) is 48.0 Å². The molecule has 2 aliphatic rings. The number of ether oxygens (including phenoxy) is 1. The van der Waals surface area contributed by atoms with Crippen LogP contribution in [0.25, 0.3) is 28.2 Å². The fourth-order valence-corrected chi connectivity index (χ4v) is 7.35. The molecule has 0 aliphatic carbocycles. The molecule has 2 atom stereocenters.